The van der Waals surface area contributed by atoms with E-state index in [-0.39, 0.29) is 5.57 Å². The van der Waals surface area contributed by atoms with Crippen LogP contribution in [0.4, 0.5) is 0 Å². The molecule has 1 aliphatic heterocycles. The molecule has 1 aliphatic rings. The van der Waals surface area contributed by atoms with Gasteiger partial charge in [0.1, 0.15) is 18.2 Å². The van der Waals surface area contributed by atoms with Crippen LogP contribution in [-0.4, -0.2) is 30.4 Å². The van der Waals surface area contributed by atoms with E-state index in [4.69, 9.17) is 9.47 Å². The van der Waals surface area contributed by atoms with Crippen LogP contribution >= 0.6 is 0 Å². The molecule has 2 aromatic rings. The lowest BCUT2D eigenvalue weighted by atomic mass is 9.94. The Morgan fingerprint density at radius 1 is 1.00 bits per heavy atom. The van der Waals surface area contributed by atoms with Gasteiger partial charge >= 0.3 is 0 Å². The van der Waals surface area contributed by atoms with Crippen molar-refractivity contribution in [3.63, 3.8) is 0 Å². The molecule has 0 saturated heterocycles. The van der Waals surface area contributed by atoms with E-state index in [1.807, 2.05) is 50.2 Å². The fourth-order valence-electron chi connectivity index (χ4n) is 3.21. The number of benzene rings is 2. The summed E-state index contributed by atoms with van der Waals surface area (Å²) in [5.74, 6) is 0.117. The van der Waals surface area contributed by atoms with Gasteiger partial charge in [0.05, 0.1) is 6.61 Å². The van der Waals surface area contributed by atoms with Crippen molar-refractivity contribution in [2.45, 2.75) is 27.4 Å². The van der Waals surface area contributed by atoms with Crippen molar-refractivity contribution < 1.29 is 19.1 Å². The minimum absolute atomic E-state index is 0.0311. The minimum atomic E-state index is -0.586. The molecule has 2 amide bonds. The molecule has 3 rings (SSSR count). The zero-order chi connectivity index (χ0) is 22.5. The lowest BCUT2D eigenvalue weighted by molar-refractivity contribution is -0.138. The zero-order valence-electron chi connectivity index (χ0n) is 18.1. The SMILES string of the molecule is CCOc1cc(/C=C2/C(=O)N(C)C(=O)C(C#N)=C2C)ccc1OCc1ccc(C)cc1. The number of amides is 2. The Balaban J connectivity index is 1.92. The fourth-order valence-corrected chi connectivity index (χ4v) is 3.21. The number of ether oxygens (including phenoxy) is 2. The van der Waals surface area contributed by atoms with Crippen molar-refractivity contribution in [3.8, 4) is 17.6 Å². The van der Waals surface area contributed by atoms with Crippen LogP contribution < -0.4 is 9.47 Å². The van der Waals surface area contributed by atoms with Gasteiger partial charge in [-0.1, -0.05) is 35.9 Å². The van der Waals surface area contributed by atoms with Crippen LogP contribution in [0.15, 0.2) is 59.2 Å². The van der Waals surface area contributed by atoms with Crippen LogP contribution in [-0.2, 0) is 16.2 Å². The number of nitriles is 1. The van der Waals surface area contributed by atoms with Crippen molar-refractivity contribution in [1.82, 2.24) is 4.90 Å². The fraction of sp³-hybridized carbons (Fsp3) is 0.240. The molecule has 1 heterocycles. The molecule has 0 bridgehead atoms. The molecule has 0 atom stereocenters. The van der Waals surface area contributed by atoms with Crippen molar-refractivity contribution in [1.29, 1.82) is 5.26 Å². The molecule has 31 heavy (non-hydrogen) atoms. The molecule has 0 radical (unpaired) electrons. The van der Waals surface area contributed by atoms with Crippen molar-refractivity contribution in [2.75, 3.05) is 13.7 Å². The number of nitrogens with zero attached hydrogens (tertiary/aromatic N) is 2. The average Bonchev–Trinajstić information content (AvgIpc) is 2.76. The highest BCUT2D eigenvalue weighted by atomic mass is 16.5. The number of rotatable bonds is 6. The van der Waals surface area contributed by atoms with E-state index in [2.05, 4.69) is 0 Å². The Labute approximate surface area is 182 Å². The van der Waals surface area contributed by atoms with E-state index >= 15 is 0 Å². The normalized spacial score (nSPS) is 15.3. The third kappa shape index (κ3) is 4.67. The summed E-state index contributed by atoms with van der Waals surface area (Å²) < 4.78 is 11.7. The van der Waals surface area contributed by atoms with Gasteiger partial charge in [0.2, 0.25) is 0 Å². The number of aryl methyl sites for hydroxylation is 1. The van der Waals surface area contributed by atoms with Gasteiger partial charge in [0, 0.05) is 12.6 Å². The van der Waals surface area contributed by atoms with Crippen LogP contribution in [0, 0.1) is 18.3 Å². The standard InChI is InChI=1S/C25H24N2O4/c1-5-30-23-13-19(10-11-22(23)31-15-18-8-6-16(2)7-9-18)12-20-17(3)21(14-26)25(29)27(4)24(20)28/h6-13H,5,15H2,1-4H3/b20-12+. The predicted octanol–water partition coefficient (Wildman–Crippen LogP) is 4.19. The summed E-state index contributed by atoms with van der Waals surface area (Å²) in [6.07, 6.45) is 1.66. The van der Waals surface area contributed by atoms with E-state index in [1.54, 1.807) is 25.1 Å². The lowest BCUT2D eigenvalue weighted by Gasteiger charge is -2.23. The van der Waals surface area contributed by atoms with Crippen molar-refractivity contribution in [3.05, 3.63) is 75.9 Å². The van der Waals surface area contributed by atoms with Gasteiger partial charge in [-0.25, -0.2) is 0 Å². The number of carbonyl (C=O) groups is 2. The smallest absolute Gasteiger partial charge is 0.271 e. The lowest BCUT2D eigenvalue weighted by Crippen LogP contribution is -2.39. The summed E-state index contributed by atoms with van der Waals surface area (Å²) in [7, 11) is 1.37. The van der Waals surface area contributed by atoms with Gasteiger partial charge in [-0.15, -0.1) is 0 Å². The molecule has 158 valence electrons. The summed E-state index contributed by atoms with van der Waals surface area (Å²) >= 11 is 0. The van der Waals surface area contributed by atoms with Crippen LogP contribution in [0.3, 0.4) is 0 Å². The molecule has 0 spiro atoms. The van der Waals surface area contributed by atoms with Crippen LogP contribution in [0.5, 0.6) is 11.5 Å². The number of likely N-dealkylation sites (N-methyl/N-ethyl adjacent to an activating group) is 1. The molecule has 2 aromatic carbocycles. The van der Waals surface area contributed by atoms with Gasteiger partial charge in [0.25, 0.3) is 11.8 Å². The number of hydrogen-bond donors (Lipinski definition) is 0. The van der Waals surface area contributed by atoms with Crippen LogP contribution in [0.25, 0.3) is 6.08 Å². The second-order valence-corrected chi connectivity index (χ2v) is 7.25. The van der Waals surface area contributed by atoms with E-state index in [0.717, 1.165) is 10.5 Å². The Hall–Kier alpha value is -3.85. The molecule has 6 heteroatoms. The molecule has 0 aromatic heterocycles. The topological polar surface area (TPSA) is 79.6 Å². The monoisotopic (exact) mass is 416 g/mol. The van der Waals surface area contributed by atoms with Gasteiger partial charge in [-0.05, 0) is 55.7 Å². The molecular weight excluding hydrogens is 392 g/mol. The highest BCUT2D eigenvalue weighted by Gasteiger charge is 2.32. The second-order valence-electron chi connectivity index (χ2n) is 7.25. The Kier molecular flexibility index (Phi) is 6.56. The molecule has 6 nitrogen and oxygen atoms in total. The summed E-state index contributed by atoms with van der Waals surface area (Å²) in [5, 5.41) is 9.31. The Morgan fingerprint density at radius 3 is 2.35 bits per heavy atom. The summed E-state index contributed by atoms with van der Waals surface area (Å²) in [6, 6.07) is 15.4. The highest BCUT2D eigenvalue weighted by molar-refractivity contribution is 6.19. The molecule has 0 aliphatic carbocycles. The first-order chi connectivity index (χ1) is 14.8. The van der Waals surface area contributed by atoms with E-state index in [9.17, 15) is 14.9 Å². The maximum atomic E-state index is 12.6. The van der Waals surface area contributed by atoms with Gasteiger partial charge in [-0.2, -0.15) is 5.26 Å². The minimum Gasteiger partial charge on any atom is -0.490 e. The van der Waals surface area contributed by atoms with E-state index in [0.29, 0.717) is 41.4 Å². The first-order valence-corrected chi connectivity index (χ1v) is 9.96. The quantitative estimate of drug-likeness (QED) is 0.521. The summed E-state index contributed by atoms with van der Waals surface area (Å²) in [4.78, 5) is 25.7. The average molecular weight is 416 g/mol. The maximum absolute atomic E-state index is 12.6. The molecule has 0 saturated carbocycles. The largest absolute Gasteiger partial charge is 0.490 e. The Morgan fingerprint density at radius 2 is 1.71 bits per heavy atom. The van der Waals surface area contributed by atoms with Gasteiger partial charge in [0.15, 0.2) is 11.5 Å². The molecular formula is C25H24N2O4. The van der Waals surface area contributed by atoms with E-state index in [1.165, 1.54) is 12.6 Å². The number of hydrogen-bond acceptors (Lipinski definition) is 5. The van der Waals surface area contributed by atoms with E-state index < -0.39 is 11.8 Å². The number of carbonyl (C=O) groups excluding carboxylic acids is 2. The summed E-state index contributed by atoms with van der Waals surface area (Å²) in [5.41, 5.74) is 3.57. The zero-order valence-corrected chi connectivity index (χ0v) is 18.1. The molecule has 0 fully saturated rings. The highest BCUT2D eigenvalue weighted by Crippen LogP contribution is 2.32. The van der Waals surface area contributed by atoms with Crippen LogP contribution in [0.2, 0.25) is 0 Å². The molecule has 0 N–H and O–H groups in total. The number of imide groups is 1. The third-order valence-corrected chi connectivity index (χ3v) is 5.04. The van der Waals surface area contributed by atoms with Gasteiger partial charge in [-0.3, -0.25) is 14.5 Å². The second kappa shape index (κ2) is 9.31. The Bertz CT molecular complexity index is 1120. The molecule has 0 unspecified atom stereocenters. The predicted molar refractivity (Wildman–Crippen MR) is 117 cm³/mol. The first kappa shape index (κ1) is 21.8. The summed E-state index contributed by atoms with van der Waals surface area (Å²) in [6.45, 7) is 6.38. The maximum Gasteiger partial charge on any atom is 0.271 e. The van der Waals surface area contributed by atoms with Gasteiger partial charge < -0.3 is 9.47 Å². The van der Waals surface area contributed by atoms with Crippen molar-refractivity contribution in [2.24, 2.45) is 0 Å². The van der Waals surface area contributed by atoms with Crippen molar-refractivity contribution >= 4 is 17.9 Å². The first-order valence-electron chi connectivity index (χ1n) is 9.96. The third-order valence-electron chi connectivity index (χ3n) is 5.04. The van der Waals surface area contributed by atoms with Crippen LogP contribution in [0.1, 0.15) is 30.5 Å².